The minimum absolute atomic E-state index is 0.00100. The summed E-state index contributed by atoms with van der Waals surface area (Å²) in [5, 5.41) is 11.9. The lowest BCUT2D eigenvalue weighted by molar-refractivity contribution is -0.239. The van der Waals surface area contributed by atoms with E-state index in [1.54, 1.807) is 26.0 Å². The Morgan fingerprint density at radius 1 is 0.697 bits per heavy atom. The number of hydrogen-bond acceptors (Lipinski definition) is 10. The molecule has 1 heterocycles. The minimum atomic E-state index is -5.27. The SMILES string of the molecule is CCC(C)(C)C(=O)OC1(C)CCCC1.CCC(C)(C)C(=O)OC12CC3CC(C1)CC(C(=O)OC(CS(=O)(=O)[O-])C(F)(F)F)(C3)C2.CCC(C)(C)c1ccc(O)cc1.c1ccc(-[s+]2c3ccccc3c3ccccc32)cc1. The number of carbonyl (C=O) groups is 3. The fraction of sp³-hybridized carbons (Fsp3) is 0.557. The Hall–Kier alpha value is -4.99. The van der Waals surface area contributed by atoms with Gasteiger partial charge in [-0.15, -0.1) is 0 Å². The Balaban J connectivity index is 0.000000177. The number of esters is 3. The molecule has 10 nitrogen and oxygen atoms in total. The van der Waals surface area contributed by atoms with Crippen LogP contribution in [0.3, 0.4) is 0 Å². The molecule has 10 rings (SSSR count). The zero-order valence-corrected chi connectivity index (χ0v) is 47.7. The first-order chi connectivity index (χ1) is 35.4. The quantitative estimate of drug-likeness (QED) is 0.0521. The number of hydrogen-bond donors (Lipinski definition) is 1. The van der Waals surface area contributed by atoms with E-state index >= 15 is 0 Å². The molecule has 1 N–H and O–H groups in total. The topological polar surface area (TPSA) is 156 Å². The molecule has 5 aromatic rings. The van der Waals surface area contributed by atoms with Crippen molar-refractivity contribution in [1.29, 1.82) is 0 Å². The van der Waals surface area contributed by atoms with Crippen molar-refractivity contribution in [2.24, 2.45) is 28.1 Å². The Labute approximate surface area is 451 Å². The van der Waals surface area contributed by atoms with Crippen LogP contribution in [0.2, 0.25) is 0 Å². The van der Waals surface area contributed by atoms with E-state index in [9.17, 15) is 40.5 Å². The summed E-state index contributed by atoms with van der Waals surface area (Å²) < 4.78 is 91.5. The van der Waals surface area contributed by atoms with E-state index in [1.807, 2.05) is 39.8 Å². The molecule has 416 valence electrons. The van der Waals surface area contributed by atoms with Crippen LogP contribution in [0.25, 0.3) is 25.1 Å². The Bertz CT molecular complexity index is 2830. The van der Waals surface area contributed by atoms with Crippen molar-refractivity contribution in [3.05, 3.63) is 109 Å². The van der Waals surface area contributed by atoms with Gasteiger partial charge in [0.25, 0.3) is 0 Å². The Morgan fingerprint density at radius 3 is 1.63 bits per heavy atom. The second-order valence-electron chi connectivity index (χ2n) is 23.9. The molecule has 5 saturated carbocycles. The highest BCUT2D eigenvalue weighted by molar-refractivity contribution is 7.85. The highest BCUT2D eigenvalue weighted by Crippen LogP contribution is 2.64. The highest BCUT2D eigenvalue weighted by Gasteiger charge is 2.64. The van der Waals surface area contributed by atoms with Crippen molar-refractivity contribution in [2.45, 2.75) is 182 Å². The molecule has 15 heteroatoms. The molecule has 3 unspecified atom stereocenters. The van der Waals surface area contributed by atoms with E-state index in [4.69, 9.17) is 14.6 Å². The molecule has 0 saturated heterocycles. The number of rotatable bonds is 13. The number of carbonyl (C=O) groups excluding carboxylic acids is 3. The maximum atomic E-state index is 13.3. The predicted molar refractivity (Wildman–Crippen MR) is 294 cm³/mol. The summed E-state index contributed by atoms with van der Waals surface area (Å²) in [6.45, 7) is 19.9. The summed E-state index contributed by atoms with van der Waals surface area (Å²) in [7, 11) is -5.21. The first-order valence-corrected chi connectivity index (χ1v) is 29.7. The molecule has 5 aliphatic rings. The van der Waals surface area contributed by atoms with Crippen LogP contribution in [0.15, 0.2) is 103 Å². The first kappa shape index (κ1) is 60.2. The van der Waals surface area contributed by atoms with E-state index in [1.165, 1.54) is 43.5 Å². The average Bonchev–Trinajstić information content (AvgIpc) is 3.94. The van der Waals surface area contributed by atoms with Gasteiger partial charge in [-0.2, -0.15) is 13.2 Å². The van der Waals surface area contributed by atoms with Gasteiger partial charge in [0.2, 0.25) is 6.10 Å². The summed E-state index contributed by atoms with van der Waals surface area (Å²) >= 11 is 0. The lowest BCUT2D eigenvalue weighted by Gasteiger charge is -2.60. The van der Waals surface area contributed by atoms with E-state index in [-0.39, 0.29) is 51.1 Å². The molecule has 1 aromatic heterocycles. The lowest BCUT2D eigenvalue weighted by atomic mass is 9.48. The van der Waals surface area contributed by atoms with Crippen molar-refractivity contribution < 1.29 is 59.8 Å². The zero-order chi connectivity index (χ0) is 56.1. The van der Waals surface area contributed by atoms with E-state index in [0.29, 0.717) is 37.9 Å². The van der Waals surface area contributed by atoms with Gasteiger partial charge in [-0.1, -0.05) is 89.2 Å². The van der Waals surface area contributed by atoms with Gasteiger partial charge in [-0.3, -0.25) is 14.4 Å². The number of halogens is 3. The zero-order valence-electron chi connectivity index (χ0n) is 46.0. The first-order valence-electron chi connectivity index (χ1n) is 26.9. The van der Waals surface area contributed by atoms with Crippen molar-refractivity contribution in [3.63, 3.8) is 0 Å². The molecule has 4 aromatic carbocycles. The summed E-state index contributed by atoms with van der Waals surface area (Å²) in [6.07, 6.45) is 1.24. The molecule has 76 heavy (non-hydrogen) atoms. The molecule has 0 spiro atoms. The van der Waals surface area contributed by atoms with Crippen molar-refractivity contribution in [1.82, 2.24) is 0 Å². The molecule has 3 atom stereocenters. The summed E-state index contributed by atoms with van der Waals surface area (Å²) in [4.78, 5) is 38.9. The number of ether oxygens (including phenoxy) is 3. The Morgan fingerprint density at radius 2 is 1.17 bits per heavy atom. The Kier molecular flexibility index (Phi) is 18.7. The number of phenols is 1. The van der Waals surface area contributed by atoms with Crippen LogP contribution in [0.5, 0.6) is 5.75 Å². The van der Waals surface area contributed by atoms with E-state index in [2.05, 4.69) is 111 Å². The number of thiophene rings is 1. The van der Waals surface area contributed by atoms with Gasteiger partial charge in [0, 0.05) is 27.7 Å². The highest BCUT2D eigenvalue weighted by atomic mass is 32.2. The minimum Gasteiger partial charge on any atom is -0.748 e. The van der Waals surface area contributed by atoms with Crippen molar-refractivity contribution in [3.8, 4) is 10.6 Å². The lowest BCUT2D eigenvalue weighted by Crippen LogP contribution is -2.61. The van der Waals surface area contributed by atoms with Gasteiger partial charge in [-0.05, 0) is 183 Å². The van der Waals surface area contributed by atoms with Crippen LogP contribution in [-0.4, -0.2) is 65.2 Å². The number of alkyl halides is 3. The van der Waals surface area contributed by atoms with Gasteiger partial charge < -0.3 is 23.9 Å². The number of benzene rings is 4. The molecule has 4 bridgehead atoms. The monoisotopic (exact) mass is 1090 g/mol. The van der Waals surface area contributed by atoms with Gasteiger partial charge in [0.15, 0.2) is 14.3 Å². The maximum absolute atomic E-state index is 13.3. The van der Waals surface area contributed by atoms with Crippen molar-refractivity contribution in [2.75, 3.05) is 5.75 Å². The summed E-state index contributed by atoms with van der Waals surface area (Å²) in [5.74, 6) is -3.14. The molecular weight excluding hydrogens is 1010 g/mol. The summed E-state index contributed by atoms with van der Waals surface area (Å²) in [5.41, 5.74) is -1.96. The molecule has 0 aliphatic heterocycles. The average molecular weight is 1090 g/mol. The van der Waals surface area contributed by atoms with Crippen LogP contribution in [0.4, 0.5) is 13.2 Å². The number of fused-ring (bicyclic) bond motifs is 3. The van der Waals surface area contributed by atoms with Crippen LogP contribution in [-0.2, 0) is 44.1 Å². The number of phenolic OH excluding ortho intramolecular Hbond substituents is 1. The van der Waals surface area contributed by atoms with E-state index in [0.717, 1.165) is 32.1 Å². The standard InChI is InChI=1S/C20H29F3O7S.C18H13S.C12H22O2.C11H16O/c1-4-17(2,3)15(24)30-19-8-12-5-13(9-19)7-18(6-12,11-19)16(25)29-14(20(21,22)23)10-31(26,27)28;1-2-8-14(9-3-1)19-17-12-6-4-10-15(17)16-11-5-7-13-18(16)19;1-5-11(2,3)10(13)14-12(4)8-6-7-9-12;1-4-11(2,3)9-5-7-10(12)8-6-9/h12-14H,4-11H2,1-3H3,(H,26,27,28);1-13H;5-9H2,1-4H3;5-8,12H,4H2,1-3H3/q;+1;;/p-1. The second-order valence-corrected chi connectivity index (χ2v) is 27.3. The molecular formula is C61H79F3O10S2. The normalized spacial score (nSPS) is 22.2. The van der Waals surface area contributed by atoms with Crippen LogP contribution in [0, 0.1) is 28.1 Å². The van der Waals surface area contributed by atoms with Crippen LogP contribution >= 0.6 is 10.5 Å². The summed E-state index contributed by atoms with van der Waals surface area (Å²) in [6, 6.07) is 35.9. The van der Waals surface area contributed by atoms with Crippen LogP contribution < -0.4 is 0 Å². The predicted octanol–water partition coefficient (Wildman–Crippen LogP) is 15.4. The fourth-order valence-electron chi connectivity index (χ4n) is 11.2. The van der Waals surface area contributed by atoms with Crippen LogP contribution in [0.1, 0.15) is 158 Å². The third-order valence-electron chi connectivity index (χ3n) is 16.6. The van der Waals surface area contributed by atoms with Gasteiger partial charge in [0.05, 0.1) is 32.1 Å². The van der Waals surface area contributed by atoms with Gasteiger partial charge in [-0.25, -0.2) is 8.42 Å². The van der Waals surface area contributed by atoms with Gasteiger partial charge >= 0.3 is 24.1 Å². The fourth-order valence-corrected chi connectivity index (χ4v) is 14.2. The second kappa shape index (κ2) is 23.5. The van der Waals surface area contributed by atoms with Crippen molar-refractivity contribution >= 4 is 58.7 Å². The molecule has 5 aliphatic carbocycles. The van der Waals surface area contributed by atoms with E-state index < -0.39 is 56.5 Å². The molecule has 0 radical (unpaired) electrons. The third-order valence-corrected chi connectivity index (χ3v) is 19.7. The third kappa shape index (κ3) is 14.6. The van der Waals surface area contributed by atoms with Gasteiger partial charge in [0.1, 0.15) is 17.0 Å². The maximum Gasteiger partial charge on any atom is 0.426 e. The largest absolute Gasteiger partial charge is 0.748 e. The number of aromatic hydroxyl groups is 1. The smallest absolute Gasteiger partial charge is 0.426 e. The molecule has 5 fully saturated rings. The molecule has 0 amide bonds.